The van der Waals surface area contributed by atoms with Gasteiger partial charge in [0.15, 0.2) is 11.0 Å². The Hall–Kier alpha value is -3.66. The number of hydrogen-bond donors (Lipinski definition) is 2. The van der Waals surface area contributed by atoms with E-state index >= 15 is 0 Å². The van der Waals surface area contributed by atoms with Gasteiger partial charge < -0.3 is 19.4 Å². The molecule has 0 saturated heterocycles. The number of H-pyrrole nitrogens is 1. The molecule has 0 radical (unpaired) electrons. The summed E-state index contributed by atoms with van der Waals surface area (Å²) in [4.78, 5) is 23.9. The van der Waals surface area contributed by atoms with Crippen LogP contribution in [0.5, 0.6) is 0 Å². The number of nitrogens with one attached hydrogen (secondary N) is 1. The Morgan fingerprint density at radius 2 is 1.97 bits per heavy atom. The standard InChI is InChI=1S/C21H20N6O3S/c1-3-27-19(13-8-10-22-11-9-13)25-26-21(27)31-12-16(28)17(20(29)30-2)18-23-14-6-4-5-7-15(14)24-18/h4-11,28H,3,12H2,1-2H3,(H,23,24)/b17-16+. The maximum absolute atomic E-state index is 12.4. The zero-order valence-corrected chi connectivity index (χ0v) is 17.8. The number of aromatic nitrogens is 6. The van der Waals surface area contributed by atoms with E-state index in [1.54, 1.807) is 12.4 Å². The molecule has 4 rings (SSSR count). The zero-order chi connectivity index (χ0) is 21.8. The Morgan fingerprint density at radius 3 is 2.68 bits per heavy atom. The van der Waals surface area contributed by atoms with Crippen molar-refractivity contribution in [3.8, 4) is 11.4 Å². The largest absolute Gasteiger partial charge is 0.510 e. The van der Waals surface area contributed by atoms with Crippen LogP contribution in [0.15, 0.2) is 59.7 Å². The number of esters is 1. The van der Waals surface area contributed by atoms with Crippen molar-refractivity contribution >= 4 is 34.3 Å². The minimum atomic E-state index is -0.674. The van der Waals surface area contributed by atoms with Gasteiger partial charge in [-0.15, -0.1) is 10.2 Å². The predicted molar refractivity (Wildman–Crippen MR) is 117 cm³/mol. The monoisotopic (exact) mass is 436 g/mol. The van der Waals surface area contributed by atoms with E-state index < -0.39 is 5.97 Å². The smallest absolute Gasteiger partial charge is 0.345 e. The van der Waals surface area contributed by atoms with Gasteiger partial charge in [0.1, 0.15) is 17.2 Å². The van der Waals surface area contributed by atoms with Crippen LogP contribution in [-0.4, -0.2) is 53.7 Å². The van der Waals surface area contributed by atoms with E-state index in [0.717, 1.165) is 11.1 Å². The number of methoxy groups -OCH3 is 1. The fraction of sp³-hybridized carbons (Fsp3) is 0.190. The molecule has 0 aliphatic rings. The van der Waals surface area contributed by atoms with Crippen molar-refractivity contribution in [2.75, 3.05) is 12.9 Å². The van der Waals surface area contributed by atoms with E-state index in [9.17, 15) is 9.90 Å². The summed E-state index contributed by atoms with van der Waals surface area (Å²) in [6.45, 7) is 2.63. The van der Waals surface area contributed by atoms with E-state index in [4.69, 9.17) is 4.74 Å². The summed E-state index contributed by atoms with van der Waals surface area (Å²) in [6.07, 6.45) is 3.39. The molecule has 0 atom stereocenters. The Balaban J connectivity index is 1.64. The zero-order valence-electron chi connectivity index (χ0n) is 16.9. The van der Waals surface area contributed by atoms with Crippen LogP contribution in [0.3, 0.4) is 0 Å². The number of ether oxygens (including phenoxy) is 1. The van der Waals surface area contributed by atoms with Crippen molar-refractivity contribution in [3.05, 3.63) is 60.4 Å². The van der Waals surface area contributed by atoms with Crippen molar-refractivity contribution in [1.82, 2.24) is 29.7 Å². The van der Waals surface area contributed by atoms with Gasteiger partial charge in [-0.05, 0) is 31.2 Å². The van der Waals surface area contributed by atoms with Crippen LogP contribution in [-0.2, 0) is 16.1 Å². The number of aromatic amines is 1. The van der Waals surface area contributed by atoms with Crippen molar-refractivity contribution in [2.24, 2.45) is 0 Å². The lowest BCUT2D eigenvalue weighted by atomic mass is 10.2. The van der Waals surface area contributed by atoms with E-state index in [1.807, 2.05) is 47.9 Å². The Morgan fingerprint density at radius 1 is 1.19 bits per heavy atom. The number of aliphatic hydroxyl groups is 1. The number of rotatable bonds is 7. The highest BCUT2D eigenvalue weighted by molar-refractivity contribution is 7.99. The van der Waals surface area contributed by atoms with Gasteiger partial charge >= 0.3 is 5.97 Å². The molecule has 4 aromatic rings. The number of fused-ring (bicyclic) bond motifs is 1. The molecule has 0 bridgehead atoms. The maximum atomic E-state index is 12.4. The second kappa shape index (κ2) is 9.00. The highest BCUT2D eigenvalue weighted by Crippen LogP contribution is 2.27. The number of pyridine rings is 1. The van der Waals surface area contributed by atoms with E-state index in [1.165, 1.54) is 18.9 Å². The van der Waals surface area contributed by atoms with Crippen LogP contribution < -0.4 is 0 Å². The molecule has 0 saturated carbocycles. The van der Waals surface area contributed by atoms with Crippen molar-refractivity contribution in [2.45, 2.75) is 18.6 Å². The maximum Gasteiger partial charge on any atom is 0.345 e. The molecule has 0 amide bonds. The molecule has 0 spiro atoms. The first-order chi connectivity index (χ1) is 15.1. The molecule has 1 aromatic carbocycles. The Bertz CT molecular complexity index is 1220. The Labute approximate surface area is 182 Å². The number of nitrogens with zero attached hydrogens (tertiary/aromatic N) is 5. The second-order valence-electron chi connectivity index (χ2n) is 6.49. The average Bonchev–Trinajstić information content (AvgIpc) is 3.41. The molecular weight excluding hydrogens is 416 g/mol. The van der Waals surface area contributed by atoms with Gasteiger partial charge in [0.2, 0.25) is 0 Å². The molecule has 0 aliphatic heterocycles. The van der Waals surface area contributed by atoms with Crippen LogP contribution in [0.1, 0.15) is 12.7 Å². The number of carbonyl (C=O) groups is 1. The first-order valence-corrected chi connectivity index (χ1v) is 10.5. The molecule has 0 fully saturated rings. The topological polar surface area (TPSA) is 119 Å². The van der Waals surface area contributed by atoms with Crippen molar-refractivity contribution in [3.63, 3.8) is 0 Å². The summed E-state index contributed by atoms with van der Waals surface area (Å²) < 4.78 is 6.81. The lowest BCUT2D eigenvalue weighted by Crippen LogP contribution is -2.10. The summed E-state index contributed by atoms with van der Waals surface area (Å²) in [5, 5.41) is 19.9. The van der Waals surface area contributed by atoms with E-state index in [-0.39, 0.29) is 22.9 Å². The SMILES string of the molecule is CCn1c(SC/C(O)=C(\C(=O)OC)c2nc3ccccc3[nH]2)nnc1-c1ccncc1. The highest BCUT2D eigenvalue weighted by Gasteiger charge is 2.23. The molecule has 0 unspecified atom stereocenters. The number of imidazole rings is 1. The molecule has 9 nitrogen and oxygen atoms in total. The van der Waals surface area contributed by atoms with Crippen molar-refractivity contribution in [1.29, 1.82) is 0 Å². The van der Waals surface area contributed by atoms with Gasteiger partial charge in [0.05, 0.1) is 23.9 Å². The molecule has 2 N–H and O–H groups in total. The molecule has 0 aliphatic carbocycles. The van der Waals surface area contributed by atoms with Gasteiger partial charge in [0, 0.05) is 24.5 Å². The highest BCUT2D eigenvalue weighted by atomic mass is 32.2. The average molecular weight is 436 g/mol. The first-order valence-electron chi connectivity index (χ1n) is 9.54. The third kappa shape index (κ3) is 4.15. The van der Waals surface area contributed by atoms with Crippen LogP contribution in [0.2, 0.25) is 0 Å². The fourth-order valence-corrected chi connectivity index (χ4v) is 4.00. The van der Waals surface area contributed by atoms with Gasteiger partial charge in [-0.3, -0.25) is 4.98 Å². The predicted octanol–water partition coefficient (Wildman–Crippen LogP) is 3.47. The second-order valence-corrected chi connectivity index (χ2v) is 7.43. The molecular formula is C21H20N6O3S. The minimum absolute atomic E-state index is 0.0110. The molecule has 31 heavy (non-hydrogen) atoms. The van der Waals surface area contributed by atoms with Crippen LogP contribution >= 0.6 is 11.8 Å². The summed E-state index contributed by atoms with van der Waals surface area (Å²) >= 11 is 1.27. The van der Waals surface area contributed by atoms with Crippen molar-refractivity contribution < 1.29 is 14.6 Å². The van der Waals surface area contributed by atoms with Gasteiger partial charge in [0.25, 0.3) is 0 Å². The first kappa shape index (κ1) is 20.6. The van der Waals surface area contributed by atoms with Crippen LogP contribution in [0.25, 0.3) is 28.0 Å². The molecule has 3 heterocycles. The third-order valence-electron chi connectivity index (χ3n) is 4.61. The number of benzene rings is 1. The van der Waals surface area contributed by atoms with Gasteiger partial charge in [-0.1, -0.05) is 23.9 Å². The minimum Gasteiger partial charge on any atom is -0.510 e. The lowest BCUT2D eigenvalue weighted by Gasteiger charge is -2.09. The number of aliphatic hydroxyl groups excluding tert-OH is 1. The van der Waals surface area contributed by atoms with E-state index in [2.05, 4.69) is 25.1 Å². The Kier molecular flexibility index (Phi) is 5.99. The van der Waals surface area contributed by atoms with Gasteiger partial charge in [-0.25, -0.2) is 9.78 Å². The lowest BCUT2D eigenvalue weighted by molar-refractivity contribution is -0.133. The third-order valence-corrected chi connectivity index (χ3v) is 5.59. The summed E-state index contributed by atoms with van der Waals surface area (Å²) in [7, 11) is 1.26. The number of thioether (sulfide) groups is 1. The quantitative estimate of drug-likeness (QED) is 0.196. The summed E-state index contributed by atoms with van der Waals surface area (Å²) in [5.74, 6) is 0.219. The number of para-hydroxylation sites is 2. The number of carbonyl (C=O) groups excluding carboxylic acids is 1. The van der Waals surface area contributed by atoms with E-state index in [0.29, 0.717) is 23.0 Å². The van der Waals surface area contributed by atoms with Crippen LogP contribution in [0, 0.1) is 0 Å². The summed E-state index contributed by atoms with van der Waals surface area (Å²) in [5.41, 5.74) is 2.33. The van der Waals surface area contributed by atoms with Crippen LogP contribution in [0.4, 0.5) is 0 Å². The number of hydrogen-bond acceptors (Lipinski definition) is 8. The fourth-order valence-electron chi connectivity index (χ4n) is 3.12. The molecule has 10 heteroatoms. The summed E-state index contributed by atoms with van der Waals surface area (Å²) in [6, 6.07) is 11.1. The molecule has 3 aromatic heterocycles. The molecule has 158 valence electrons. The van der Waals surface area contributed by atoms with Gasteiger partial charge in [-0.2, -0.15) is 0 Å². The normalized spacial score (nSPS) is 12.1.